The first-order chi connectivity index (χ1) is 14.8. The van der Waals surface area contributed by atoms with E-state index in [1.807, 2.05) is 7.05 Å². The van der Waals surface area contributed by atoms with Crippen LogP contribution in [0.15, 0.2) is 40.6 Å². The molecule has 4 amide bonds. The molecule has 0 atom stereocenters. The summed E-state index contributed by atoms with van der Waals surface area (Å²) in [7, 11) is 1.83. The van der Waals surface area contributed by atoms with Crippen LogP contribution in [0.5, 0.6) is 0 Å². The number of aryl methyl sites for hydroxylation is 1. The molecule has 1 saturated carbocycles. The average Bonchev–Trinajstić information content (AvgIpc) is 3.22. The molecule has 2 N–H and O–H groups in total. The van der Waals surface area contributed by atoms with Crippen molar-refractivity contribution in [2.75, 3.05) is 11.9 Å². The van der Waals surface area contributed by atoms with Crippen molar-refractivity contribution < 1.29 is 18.8 Å². The number of carbonyl (C=O) groups is 3. The molecule has 1 aliphatic carbocycles. The zero-order valence-corrected chi connectivity index (χ0v) is 18.2. The van der Waals surface area contributed by atoms with Crippen molar-refractivity contribution in [3.05, 3.63) is 36.4 Å². The van der Waals surface area contributed by atoms with Gasteiger partial charge in [0.25, 0.3) is 5.91 Å². The molecular weight excluding hydrogens is 421 g/mol. The minimum atomic E-state index is -0.901. The average molecular weight is 446 g/mol. The summed E-state index contributed by atoms with van der Waals surface area (Å²) in [6, 6.07) is 3.50. The molecule has 4 rings (SSSR count). The zero-order valence-electron chi connectivity index (χ0n) is 17.4. The van der Waals surface area contributed by atoms with Crippen LogP contribution in [-0.2, 0) is 16.6 Å². The molecule has 0 unspecified atom stereocenters. The minimum absolute atomic E-state index is 0.256. The van der Waals surface area contributed by atoms with E-state index in [1.165, 1.54) is 23.9 Å². The summed E-state index contributed by atoms with van der Waals surface area (Å²) in [4.78, 5) is 43.8. The highest BCUT2D eigenvalue weighted by Gasteiger charge is 2.52. The quantitative estimate of drug-likeness (QED) is 0.690. The molecule has 2 aliphatic rings. The van der Waals surface area contributed by atoms with Crippen LogP contribution in [0.1, 0.15) is 32.6 Å². The van der Waals surface area contributed by atoms with Gasteiger partial charge in [-0.1, -0.05) is 6.92 Å². The number of amides is 4. The number of hydrogen-bond donors (Lipinski definition) is 2. The first-order valence-corrected chi connectivity index (χ1v) is 11.0. The van der Waals surface area contributed by atoms with Crippen LogP contribution in [0.2, 0.25) is 0 Å². The Morgan fingerprint density at radius 3 is 2.77 bits per heavy atom. The molecule has 2 aromatic rings. The number of rotatable bonds is 5. The van der Waals surface area contributed by atoms with Crippen molar-refractivity contribution in [1.29, 1.82) is 0 Å². The Kier molecular flexibility index (Phi) is 5.74. The van der Waals surface area contributed by atoms with Crippen molar-refractivity contribution in [2.45, 2.75) is 48.2 Å². The molecule has 1 aromatic heterocycles. The Hall–Kier alpha value is -2.88. The van der Waals surface area contributed by atoms with E-state index in [9.17, 15) is 18.8 Å². The van der Waals surface area contributed by atoms with Crippen LogP contribution in [0.25, 0.3) is 0 Å². The predicted molar refractivity (Wildman–Crippen MR) is 113 cm³/mol. The number of hydrogen-bond acceptors (Lipinski definition) is 5. The van der Waals surface area contributed by atoms with Gasteiger partial charge in [0, 0.05) is 24.3 Å². The third kappa shape index (κ3) is 4.30. The number of nitrogens with zero attached hydrogens (tertiary/aromatic N) is 3. The highest BCUT2D eigenvalue weighted by atomic mass is 32.2. The molecule has 2 fully saturated rings. The van der Waals surface area contributed by atoms with E-state index in [0.717, 1.165) is 17.7 Å². The molecule has 8 nitrogen and oxygen atoms in total. The highest BCUT2D eigenvalue weighted by molar-refractivity contribution is 7.99. The van der Waals surface area contributed by atoms with E-state index in [2.05, 4.69) is 22.5 Å². The maximum absolute atomic E-state index is 13.8. The highest BCUT2D eigenvalue weighted by Crippen LogP contribution is 2.36. The molecular formula is C21H24FN5O3S. The molecule has 164 valence electrons. The summed E-state index contributed by atoms with van der Waals surface area (Å²) < 4.78 is 15.6. The van der Waals surface area contributed by atoms with Gasteiger partial charge in [-0.15, -0.1) is 0 Å². The van der Waals surface area contributed by atoms with Crippen molar-refractivity contribution >= 4 is 35.3 Å². The smallest absolute Gasteiger partial charge is 0.325 e. The number of imidazole rings is 1. The van der Waals surface area contributed by atoms with E-state index in [1.54, 1.807) is 23.0 Å². The summed E-state index contributed by atoms with van der Waals surface area (Å²) in [5, 5.41) is 6.11. The first kappa shape index (κ1) is 21.4. The van der Waals surface area contributed by atoms with Gasteiger partial charge >= 0.3 is 6.03 Å². The predicted octanol–water partition coefficient (Wildman–Crippen LogP) is 3.15. The molecule has 0 bridgehead atoms. The normalized spacial score (nSPS) is 23.3. The zero-order chi connectivity index (χ0) is 22.2. The molecule has 1 saturated heterocycles. The topological polar surface area (TPSA) is 96.3 Å². The van der Waals surface area contributed by atoms with Crippen LogP contribution < -0.4 is 10.6 Å². The van der Waals surface area contributed by atoms with E-state index >= 15 is 0 Å². The van der Waals surface area contributed by atoms with E-state index in [0.29, 0.717) is 28.8 Å². The largest absolute Gasteiger partial charge is 0.329 e. The van der Waals surface area contributed by atoms with Gasteiger partial charge in [0.05, 0.1) is 5.69 Å². The van der Waals surface area contributed by atoms with Gasteiger partial charge in [0.2, 0.25) is 5.91 Å². The Morgan fingerprint density at radius 1 is 1.35 bits per heavy atom. The number of carbonyl (C=O) groups excluding carboxylic acids is 3. The van der Waals surface area contributed by atoms with Gasteiger partial charge in [0.15, 0.2) is 5.16 Å². The number of urea groups is 1. The summed E-state index contributed by atoms with van der Waals surface area (Å²) in [5.74, 6) is -0.932. The second kappa shape index (κ2) is 8.33. The molecule has 0 radical (unpaired) electrons. The molecule has 31 heavy (non-hydrogen) atoms. The lowest BCUT2D eigenvalue weighted by atomic mass is 9.77. The van der Waals surface area contributed by atoms with Crippen molar-refractivity contribution in [2.24, 2.45) is 13.0 Å². The van der Waals surface area contributed by atoms with Crippen molar-refractivity contribution in [3.63, 3.8) is 0 Å². The fourth-order valence-electron chi connectivity index (χ4n) is 3.98. The Balaban J connectivity index is 1.47. The first-order valence-electron chi connectivity index (χ1n) is 10.2. The van der Waals surface area contributed by atoms with Gasteiger partial charge < -0.3 is 15.2 Å². The minimum Gasteiger partial charge on any atom is -0.329 e. The lowest BCUT2D eigenvalue weighted by Gasteiger charge is -2.33. The number of halogens is 1. The standard InChI is InChI=1S/C21H24FN5O3S/c1-13-5-7-21(8-6-13)18(29)27(19(30)25-21)12-17(28)24-15-11-14(22)3-4-16(15)31-20-23-9-10-26(20)2/h3-4,9-11,13H,5-8,12H2,1-2H3,(H,24,28)(H,25,30). The van der Waals surface area contributed by atoms with Crippen LogP contribution in [0.4, 0.5) is 14.9 Å². The Labute approximate surface area is 183 Å². The maximum Gasteiger partial charge on any atom is 0.325 e. The van der Waals surface area contributed by atoms with Crippen LogP contribution in [0.3, 0.4) is 0 Å². The molecule has 1 aromatic carbocycles. The van der Waals surface area contributed by atoms with Gasteiger partial charge in [-0.05, 0) is 61.6 Å². The van der Waals surface area contributed by atoms with Crippen LogP contribution in [0, 0.1) is 11.7 Å². The molecule has 10 heteroatoms. The van der Waals surface area contributed by atoms with E-state index in [4.69, 9.17) is 0 Å². The van der Waals surface area contributed by atoms with E-state index in [-0.39, 0.29) is 11.6 Å². The molecule has 2 heterocycles. The van der Waals surface area contributed by atoms with Gasteiger partial charge in [-0.2, -0.15) is 0 Å². The number of anilines is 1. The van der Waals surface area contributed by atoms with Crippen molar-refractivity contribution in [1.82, 2.24) is 19.8 Å². The lowest BCUT2D eigenvalue weighted by Crippen LogP contribution is -2.49. The number of aromatic nitrogens is 2. The Bertz CT molecular complexity index is 1030. The van der Waals surface area contributed by atoms with Crippen LogP contribution >= 0.6 is 11.8 Å². The maximum atomic E-state index is 13.8. The van der Waals surface area contributed by atoms with Gasteiger partial charge in [0.1, 0.15) is 17.9 Å². The summed E-state index contributed by atoms with van der Waals surface area (Å²) in [5.41, 5.74) is -0.645. The SMILES string of the molecule is CC1CCC2(CC1)NC(=O)N(CC(=O)Nc1cc(F)ccc1Sc1nccn1C)C2=O. The third-order valence-corrected chi connectivity index (χ3v) is 7.02. The summed E-state index contributed by atoms with van der Waals surface area (Å²) in [6.07, 6.45) is 6.27. The summed E-state index contributed by atoms with van der Waals surface area (Å²) in [6.45, 7) is 1.70. The third-order valence-electron chi connectivity index (χ3n) is 5.87. The van der Waals surface area contributed by atoms with Gasteiger partial charge in [-0.25, -0.2) is 14.2 Å². The second-order valence-electron chi connectivity index (χ2n) is 8.20. The van der Waals surface area contributed by atoms with Crippen LogP contribution in [-0.4, -0.2) is 44.4 Å². The number of imide groups is 1. The van der Waals surface area contributed by atoms with Gasteiger partial charge in [-0.3, -0.25) is 14.5 Å². The Morgan fingerprint density at radius 2 is 2.10 bits per heavy atom. The number of nitrogens with one attached hydrogen (secondary N) is 2. The van der Waals surface area contributed by atoms with Crippen molar-refractivity contribution in [3.8, 4) is 0 Å². The van der Waals surface area contributed by atoms with E-state index < -0.39 is 29.8 Å². The molecule has 1 spiro atoms. The number of benzene rings is 1. The second-order valence-corrected chi connectivity index (χ2v) is 9.21. The summed E-state index contributed by atoms with van der Waals surface area (Å²) >= 11 is 1.27. The lowest BCUT2D eigenvalue weighted by molar-refractivity contribution is -0.135. The monoisotopic (exact) mass is 445 g/mol. The fourth-order valence-corrected chi connectivity index (χ4v) is 4.86. The fraction of sp³-hybridized carbons (Fsp3) is 0.429. The molecule has 1 aliphatic heterocycles.